The first-order valence-corrected chi connectivity index (χ1v) is 9.14. The van der Waals surface area contributed by atoms with Crippen LogP contribution in [0.4, 0.5) is 16.2 Å². The van der Waals surface area contributed by atoms with E-state index in [2.05, 4.69) is 5.32 Å². The van der Waals surface area contributed by atoms with Gasteiger partial charge in [-0.15, -0.1) is 11.3 Å². The van der Waals surface area contributed by atoms with Crippen LogP contribution in [0, 0.1) is 0 Å². The Morgan fingerprint density at radius 2 is 2.04 bits per heavy atom. The topological polar surface area (TPSA) is 78.7 Å². The maximum atomic E-state index is 12.2. The average molecular weight is 358 g/mol. The largest absolute Gasteiger partial charge is 0.327 e. The van der Waals surface area contributed by atoms with E-state index >= 15 is 0 Å². The molecule has 1 unspecified atom stereocenters. The number of benzene rings is 1. The summed E-state index contributed by atoms with van der Waals surface area (Å²) in [6, 6.07) is 10.6. The highest BCUT2D eigenvalue weighted by atomic mass is 32.1. The molecule has 7 heteroatoms. The van der Waals surface area contributed by atoms with Crippen molar-refractivity contribution in [1.82, 2.24) is 4.90 Å². The van der Waals surface area contributed by atoms with Crippen molar-refractivity contribution in [3.8, 4) is 0 Å². The van der Waals surface area contributed by atoms with Gasteiger partial charge in [0.05, 0.1) is 6.04 Å². The fourth-order valence-corrected chi connectivity index (χ4v) is 3.57. The molecule has 0 aliphatic carbocycles. The summed E-state index contributed by atoms with van der Waals surface area (Å²) in [5, 5.41) is 4.80. The van der Waals surface area contributed by atoms with Crippen molar-refractivity contribution in [2.75, 3.05) is 30.4 Å². The number of nitrogens with two attached hydrogens (primary N) is 1. The molecule has 1 saturated heterocycles. The minimum absolute atomic E-state index is 0.000931. The molecular weight excluding hydrogens is 336 g/mol. The van der Waals surface area contributed by atoms with Crippen LogP contribution in [0.2, 0.25) is 0 Å². The predicted molar refractivity (Wildman–Crippen MR) is 101 cm³/mol. The number of anilines is 2. The van der Waals surface area contributed by atoms with Crippen LogP contribution >= 0.6 is 11.3 Å². The number of hydrogen-bond donors (Lipinski definition) is 2. The molecule has 0 spiro atoms. The lowest BCUT2D eigenvalue weighted by Crippen LogP contribution is -2.47. The molecule has 3 amide bonds. The normalized spacial score (nSPS) is 16.0. The number of rotatable bonds is 5. The highest BCUT2D eigenvalue weighted by molar-refractivity contribution is 7.09. The van der Waals surface area contributed by atoms with E-state index in [1.54, 1.807) is 40.3 Å². The molecule has 1 fully saturated rings. The van der Waals surface area contributed by atoms with Gasteiger partial charge in [-0.1, -0.05) is 6.07 Å². The number of hydrogen-bond acceptors (Lipinski definition) is 4. The Labute approximate surface area is 151 Å². The molecule has 1 aliphatic rings. The van der Waals surface area contributed by atoms with E-state index in [1.807, 2.05) is 29.6 Å². The Balaban J connectivity index is 1.60. The Kier molecular flexibility index (Phi) is 5.35. The summed E-state index contributed by atoms with van der Waals surface area (Å²) in [4.78, 5) is 29.0. The summed E-state index contributed by atoms with van der Waals surface area (Å²) in [7, 11) is 1.80. The number of urea groups is 1. The van der Waals surface area contributed by atoms with Crippen molar-refractivity contribution in [2.24, 2.45) is 5.73 Å². The number of nitrogens with zero attached hydrogens (tertiary/aromatic N) is 2. The molecule has 0 saturated carbocycles. The molecule has 0 radical (unpaired) electrons. The van der Waals surface area contributed by atoms with Crippen LogP contribution in [0.25, 0.3) is 0 Å². The third kappa shape index (κ3) is 4.18. The lowest BCUT2D eigenvalue weighted by molar-refractivity contribution is -0.117. The van der Waals surface area contributed by atoms with E-state index in [-0.39, 0.29) is 11.9 Å². The van der Waals surface area contributed by atoms with E-state index in [0.29, 0.717) is 18.7 Å². The molecule has 1 aliphatic heterocycles. The number of thiophene rings is 1. The number of nitrogens with one attached hydrogen (secondary N) is 1. The van der Waals surface area contributed by atoms with Crippen LogP contribution in [0.1, 0.15) is 11.3 Å². The standard InChI is InChI=1S/C18H22N4O2S/c1-21-9-3-10-22(18(21)24)14-7-5-13(6-8-14)20-17(23)16(19)12-15-4-2-11-25-15/h2,4-8,11,16H,3,9-10,12,19H2,1H3,(H,20,23). The summed E-state index contributed by atoms with van der Waals surface area (Å²) in [6.07, 6.45) is 1.47. The third-order valence-electron chi connectivity index (χ3n) is 4.22. The molecule has 2 heterocycles. The van der Waals surface area contributed by atoms with Crippen LogP contribution in [-0.4, -0.2) is 43.0 Å². The maximum absolute atomic E-state index is 12.2. The van der Waals surface area contributed by atoms with Crippen LogP contribution in [-0.2, 0) is 11.2 Å². The highest BCUT2D eigenvalue weighted by Crippen LogP contribution is 2.22. The second-order valence-electron chi connectivity index (χ2n) is 6.14. The van der Waals surface area contributed by atoms with Crippen LogP contribution in [0.3, 0.4) is 0 Å². The van der Waals surface area contributed by atoms with Crippen molar-refractivity contribution in [3.63, 3.8) is 0 Å². The van der Waals surface area contributed by atoms with Crippen molar-refractivity contribution < 1.29 is 9.59 Å². The van der Waals surface area contributed by atoms with Gasteiger partial charge in [0.1, 0.15) is 0 Å². The predicted octanol–water partition coefficient (Wildman–Crippen LogP) is 2.52. The van der Waals surface area contributed by atoms with E-state index in [0.717, 1.165) is 23.5 Å². The maximum Gasteiger partial charge on any atom is 0.324 e. The van der Waals surface area contributed by atoms with Gasteiger partial charge in [-0.25, -0.2) is 4.79 Å². The van der Waals surface area contributed by atoms with Gasteiger partial charge in [-0.3, -0.25) is 9.69 Å². The molecule has 3 rings (SSSR count). The number of amides is 3. The van der Waals surface area contributed by atoms with Crippen LogP contribution in [0.15, 0.2) is 41.8 Å². The molecule has 3 N–H and O–H groups in total. The van der Waals surface area contributed by atoms with Crippen molar-refractivity contribution in [3.05, 3.63) is 46.7 Å². The zero-order chi connectivity index (χ0) is 17.8. The fraction of sp³-hybridized carbons (Fsp3) is 0.333. The summed E-state index contributed by atoms with van der Waals surface area (Å²) in [5.74, 6) is -0.213. The lowest BCUT2D eigenvalue weighted by Gasteiger charge is -2.33. The van der Waals surface area contributed by atoms with E-state index in [1.165, 1.54) is 0 Å². The van der Waals surface area contributed by atoms with E-state index in [4.69, 9.17) is 5.73 Å². The lowest BCUT2D eigenvalue weighted by atomic mass is 10.1. The van der Waals surface area contributed by atoms with E-state index < -0.39 is 6.04 Å². The zero-order valence-corrected chi connectivity index (χ0v) is 15.0. The van der Waals surface area contributed by atoms with Crippen molar-refractivity contribution in [2.45, 2.75) is 18.9 Å². The SMILES string of the molecule is CN1CCCN(c2ccc(NC(=O)C(N)Cc3cccs3)cc2)C1=O. The Morgan fingerprint density at radius 1 is 1.28 bits per heavy atom. The van der Waals surface area contributed by atoms with Crippen molar-refractivity contribution >= 4 is 34.6 Å². The molecule has 132 valence electrons. The first-order valence-electron chi connectivity index (χ1n) is 8.26. The Hall–Kier alpha value is -2.38. The Morgan fingerprint density at radius 3 is 2.72 bits per heavy atom. The van der Waals surface area contributed by atoms with Crippen molar-refractivity contribution in [1.29, 1.82) is 0 Å². The number of carbonyl (C=O) groups excluding carboxylic acids is 2. The summed E-state index contributed by atoms with van der Waals surface area (Å²) < 4.78 is 0. The van der Waals surface area contributed by atoms with Gasteiger partial charge in [0, 0.05) is 42.8 Å². The molecule has 1 aromatic carbocycles. The van der Waals surface area contributed by atoms with Gasteiger partial charge in [-0.05, 0) is 42.1 Å². The van der Waals surface area contributed by atoms with Gasteiger partial charge in [0.15, 0.2) is 0 Å². The molecule has 6 nitrogen and oxygen atoms in total. The highest BCUT2D eigenvalue weighted by Gasteiger charge is 2.23. The summed E-state index contributed by atoms with van der Waals surface area (Å²) >= 11 is 1.59. The first kappa shape index (κ1) is 17.4. The molecule has 0 bridgehead atoms. The van der Waals surface area contributed by atoms with Crippen LogP contribution in [0.5, 0.6) is 0 Å². The molecule has 2 aromatic rings. The van der Waals surface area contributed by atoms with Gasteiger partial charge >= 0.3 is 6.03 Å². The quantitative estimate of drug-likeness (QED) is 0.862. The summed E-state index contributed by atoms with van der Waals surface area (Å²) in [6.45, 7) is 1.49. The second kappa shape index (κ2) is 7.67. The fourth-order valence-electron chi connectivity index (χ4n) is 2.80. The molecule has 1 atom stereocenters. The van der Waals surface area contributed by atoms with Gasteiger partial charge in [-0.2, -0.15) is 0 Å². The number of carbonyl (C=O) groups is 2. The van der Waals surface area contributed by atoms with Gasteiger partial charge in [0.25, 0.3) is 0 Å². The monoisotopic (exact) mass is 358 g/mol. The zero-order valence-electron chi connectivity index (χ0n) is 14.1. The van der Waals surface area contributed by atoms with Crippen LogP contribution < -0.4 is 16.0 Å². The molecule has 1 aromatic heterocycles. The smallest absolute Gasteiger partial charge is 0.324 e. The minimum Gasteiger partial charge on any atom is -0.327 e. The average Bonchev–Trinajstić information content (AvgIpc) is 3.11. The first-order chi connectivity index (χ1) is 12.0. The molecular formula is C18H22N4O2S. The summed E-state index contributed by atoms with van der Waals surface area (Å²) in [5.41, 5.74) is 7.48. The van der Waals surface area contributed by atoms with Gasteiger partial charge in [0.2, 0.25) is 5.91 Å². The molecule has 25 heavy (non-hydrogen) atoms. The Bertz CT molecular complexity index is 730. The third-order valence-corrected chi connectivity index (χ3v) is 5.12. The van der Waals surface area contributed by atoms with Gasteiger partial charge < -0.3 is 16.0 Å². The van der Waals surface area contributed by atoms with E-state index in [9.17, 15) is 9.59 Å². The second-order valence-corrected chi connectivity index (χ2v) is 7.17. The minimum atomic E-state index is -0.587.